The zero-order valence-corrected chi connectivity index (χ0v) is 8.68. The lowest BCUT2D eigenvalue weighted by Crippen LogP contribution is -2.30. The number of amides is 1. The Morgan fingerprint density at radius 1 is 1.38 bits per heavy atom. The first kappa shape index (κ1) is 10.5. The van der Waals surface area contributed by atoms with E-state index in [0.29, 0.717) is 18.8 Å². The van der Waals surface area contributed by atoms with Crippen molar-refractivity contribution in [3.8, 4) is 0 Å². The monoisotopic (exact) mass is 216 g/mol. The van der Waals surface area contributed by atoms with Crippen LogP contribution in [0.2, 0.25) is 0 Å². The van der Waals surface area contributed by atoms with Crippen molar-refractivity contribution in [1.29, 1.82) is 0 Å². The summed E-state index contributed by atoms with van der Waals surface area (Å²) >= 11 is 0. The summed E-state index contributed by atoms with van der Waals surface area (Å²) in [6.45, 7) is 0.841. The second kappa shape index (κ2) is 4.67. The minimum absolute atomic E-state index is 0.241. The van der Waals surface area contributed by atoms with Gasteiger partial charge in [0, 0.05) is 23.9 Å². The maximum absolute atomic E-state index is 11.7. The van der Waals surface area contributed by atoms with Gasteiger partial charge in [-0.3, -0.25) is 4.79 Å². The number of benzene rings is 1. The molecule has 1 amide bonds. The molecule has 0 spiro atoms. The smallest absolute Gasteiger partial charge is 0.272 e. The Balaban J connectivity index is 2.40. The summed E-state index contributed by atoms with van der Waals surface area (Å²) in [5.74, 6) is -0.241. The van der Waals surface area contributed by atoms with Crippen LogP contribution in [0.15, 0.2) is 30.5 Å². The zero-order valence-electron chi connectivity index (χ0n) is 8.68. The van der Waals surface area contributed by atoms with Crippen LogP contribution in [0.4, 0.5) is 0 Å². The van der Waals surface area contributed by atoms with Crippen LogP contribution in [-0.4, -0.2) is 29.2 Å². The molecule has 5 nitrogen and oxygen atoms in total. The molecule has 0 atom stereocenters. The van der Waals surface area contributed by atoms with Gasteiger partial charge in [0.1, 0.15) is 0 Å². The number of carbonyl (C=O) groups is 1. The Kier molecular flexibility index (Phi) is 3.07. The maximum Gasteiger partial charge on any atom is 0.272 e. The third-order valence-corrected chi connectivity index (χ3v) is 2.22. The molecule has 0 bridgehead atoms. The number of carbonyl (C=O) groups excluding carboxylic acids is 1. The van der Waals surface area contributed by atoms with Crippen molar-refractivity contribution in [3.63, 3.8) is 0 Å². The van der Waals surface area contributed by atoms with Gasteiger partial charge in [-0.25, -0.2) is 0 Å². The molecule has 82 valence electrons. The fourth-order valence-corrected chi connectivity index (χ4v) is 1.47. The van der Waals surface area contributed by atoms with Gasteiger partial charge >= 0.3 is 0 Å². The van der Waals surface area contributed by atoms with Gasteiger partial charge < -0.3 is 11.1 Å². The van der Waals surface area contributed by atoms with Crippen molar-refractivity contribution in [2.75, 3.05) is 13.1 Å². The topological polar surface area (TPSA) is 80.9 Å². The van der Waals surface area contributed by atoms with Gasteiger partial charge in [0.15, 0.2) is 5.69 Å². The quantitative estimate of drug-likeness (QED) is 0.774. The Bertz CT molecular complexity index is 507. The van der Waals surface area contributed by atoms with Crippen molar-refractivity contribution in [3.05, 3.63) is 36.2 Å². The predicted molar refractivity (Wildman–Crippen MR) is 60.9 cm³/mol. The normalized spacial score (nSPS) is 10.3. The van der Waals surface area contributed by atoms with Crippen LogP contribution in [-0.2, 0) is 0 Å². The molecule has 0 aliphatic heterocycles. The number of fused-ring (bicyclic) bond motifs is 1. The highest BCUT2D eigenvalue weighted by atomic mass is 16.1. The number of hydrogen-bond acceptors (Lipinski definition) is 4. The highest BCUT2D eigenvalue weighted by Crippen LogP contribution is 2.14. The summed E-state index contributed by atoms with van der Waals surface area (Å²) in [6, 6.07) is 7.50. The first-order valence-electron chi connectivity index (χ1n) is 5.01. The first-order chi connectivity index (χ1) is 7.83. The highest BCUT2D eigenvalue weighted by Gasteiger charge is 2.10. The average Bonchev–Trinajstić information content (AvgIpc) is 2.35. The van der Waals surface area contributed by atoms with Crippen molar-refractivity contribution in [1.82, 2.24) is 15.5 Å². The van der Waals surface area contributed by atoms with Crippen LogP contribution in [0, 0.1) is 0 Å². The van der Waals surface area contributed by atoms with Crippen LogP contribution in [0.5, 0.6) is 0 Å². The number of nitrogens with one attached hydrogen (secondary N) is 1. The third kappa shape index (κ3) is 1.99. The summed E-state index contributed by atoms with van der Waals surface area (Å²) in [5.41, 5.74) is 5.66. The van der Waals surface area contributed by atoms with E-state index >= 15 is 0 Å². The van der Waals surface area contributed by atoms with E-state index in [1.54, 1.807) is 6.20 Å². The molecule has 0 unspecified atom stereocenters. The zero-order chi connectivity index (χ0) is 11.4. The van der Waals surface area contributed by atoms with E-state index < -0.39 is 0 Å². The number of nitrogens with two attached hydrogens (primary N) is 1. The molecule has 2 aromatic rings. The van der Waals surface area contributed by atoms with E-state index in [4.69, 9.17) is 5.73 Å². The van der Waals surface area contributed by atoms with Gasteiger partial charge in [-0.1, -0.05) is 24.3 Å². The summed E-state index contributed by atoms with van der Waals surface area (Å²) in [7, 11) is 0. The predicted octanol–water partition coefficient (Wildman–Crippen LogP) is 0.318. The van der Waals surface area contributed by atoms with Crippen molar-refractivity contribution in [2.24, 2.45) is 5.73 Å². The van der Waals surface area contributed by atoms with Gasteiger partial charge in [0.25, 0.3) is 5.91 Å². The molecular formula is C11H12N4O. The molecule has 0 aliphatic rings. The lowest BCUT2D eigenvalue weighted by Gasteiger charge is -2.04. The molecule has 1 heterocycles. The van der Waals surface area contributed by atoms with Gasteiger partial charge in [0.2, 0.25) is 0 Å². The number of hydrogen-bond donors (Lipinski definition) is 2. The van der Waals surface area contributed by atoms with Gasteiger partial charge in [0.05, 0.1) is 6.20 Å². The molecule has 3 N–H and O–H groups in total. The molecule has 0 fully saturated rings. The minimum atomic E-state index is -0.241. The lowest BCUT2D eigenvalue weighted by molar-refractivity contribution is 0.0950. The van der Waals surface area contributed by atoms with E-state index in [9.17, 15) is 4.79 Å². The summed E-state index contributed by atoms with van der Waals surface area (Å²) < 4.78 is 0. The number of nitrogens with zero attached hydrogens (tertiary/aromatic N) is 2. The summed E-state index contributed by atoms with van der Waals surface area (Å²) in [6.07, 6.45) is 1.63. The van der Waals surface area contributed by atoms with Crippen molar-refractivity contribution < 1.29 is 4.79 Å². The SMILES string of the molecule is NCCNC(=O)c1nncc2ccccc12. The minimum Gasteiger partial charge on any atom is -0.349 e. The molecule has 0 radical (unpaired) electrons. The van der Waals surface area contributed by atoms with Crippen molar-refractivity contribution in [2.45, 2.75) is 0 Å². The lowest BCUT2D eigenvalue weighted by atomic mass is 10.1. The molecule has 0 saturated heterocycles. The molecule has 0 aliphatic carbocycles. The fourth-order valence-electron chi connectivity index (χ4n) is 1.47. The Hall–Kier alpha value is -2.01. The highest BCUT2D eigenvalue weighted by molar-refractivity contribution is 6.04. The maximum atomic E-state index is 11.7. The standard InChI is InChI=1S/C11H12N4O/c12-5-6-13-11(16)10-9-4-2-1-3-8(9)7-14-15-10/h1-4,7H,5-6,12H2,(H,13,16). The summed E-state index contributed by atoms with van der Waals surface area (Å²) in [5, 5.41) is 12.0. The number of rotatable bonds is 3. The fraction of sp³-hybridized carbons (Fsp3) is 0.182. The van der Waals surface area contributed by atoms with E-state index in [0.717, 1.165) is 10.8 Å². The van der Waals surface area contributed by atoms with E-state index in [1.807, 2.05) is 24.3 Å². The molecule has 5 heteroatoms. The van der Waals surface area contributed by atoms with Crippen molar-refractivity contribution >= 4 is 16.7 Å². The van der Waals surface area contributed by atoms with Crippen LogP contribution < -0.4 is 11.1 Å². The van der Waals surface area contributed by atoms with Crippen LogP contribution in [0.25, 0.3) is 10.8 Å². The van der Waals surface area contributed by atoms with Crippen LogP contribution in [0.3, 0.4) is 0 Å². The summed E-state index contributed by atoms with van der Waals surface area (Å²) in [4.78, 5) is 11.7. The molecule has 1 aromatic carbocycles. The van der Waals surface area contributed by atoms with Gasteiger partial charge in [-0.2, -0.15) is 5.10 Å². The van der Waals surface area contributed by atoms with E-state index in [2.05, 4.69) is 15.5 Å². The Labute approximate surface area is 92.7 Å². The molecule has 0 saturated carbocycles. The molecular weight excluding hydrogens is 204 g/mol. The Morgan fingerprint density at radius 2 is 2.19 bits per heavy atom. The average molecular weight is 216 g/mol. The van der Waals surface area contributed by atoms with Gasteiger partial charge in [-0.15, -0.1) is 5.10 Å². The third-order valence-electron chi connectivity index (χ3n) is 2.22. The van der Waals surface area contributed by atoms with Crippen LogP contribution in [0.1, 0.15) is 10.5 Å². The second-order valence-corrected chi connectivity index (χ2v) is 3.33. The number of aromatic nitrogens is 2. The van der Waals surface area contributed by atoms with E-state index in [-0.39, 0.29) is 5.91 Å². The Morgan fingerprint density at radius 3 is 3.00 bits per heavy atom. The molecule has 16 heavy (non-hydrogen) atoms. The largest absolute Gasteiger partial charge is 0.349 e. The van der Waals surface area contributed by atoms with Gasteiger partial charge in [-0.05, 0) is 0 Å². The van der Waals surface area contributed by atoms with E-state index in [1.165, 1.54) is 0 Å². The molecule has 1 aromatic heterocycles. The first-order valence-corrected chi connectivity index (χ1v) is 5.01. The molecule has 2 rings (SSSR count). The second-order valence-electron chi connectivity index (χ2n) is 3.33. The van der Waals surface area contributed by atoms with Crippen LogP contribution >= 0.6 is 0 Å².